The third-order valence-corrected chi connectivity index (χ3v) is 2.18. The predicted octanol–water partition coefficient (Wildman–Crippen LogP) is 1.77. The van der Waals surface area contributed by atoms with Crippen molar-refractivity contribution in [1.29, 1.82) is 0 Å². The number of aromatic amines is 1. The average Bonchev–Trinajstić information content (AvgIpc) is 2.65. The molecule has 1 aromatic heterocycles. The number of benzene rings is 1. The van der Waals surface area contributed by atoms with Crippen LogP contribution in [-0.4, -0.2) is 9.97 Å². The number of imidazole rings is 1. The fourth-order valence-electron chi connectivity index (χ4n) is 1.41. The van der Waals surface area contributed by atoms with Crippen molar-refractivity contribution >= 4 is 0 Å². The second kappa shape index (κ2) is 3.64. The lowest BCUT2D eigenvalue weighted by Crippen LogP contribution is -2.13. The van der Waals surface area contributed by atoms with Gasteiger partial charge >= 0.3 is 0 Å². The average molecular weight is 187 g/mol. The molecule has 0 aliphatic carbocycles. The van der Waals surface area contributed by atoms with Gasteiger partial charge in [0.25, 0.3) is 0 Å². The van der Waals surface area contributed by atoms with Gasteiger partial charge in [-0.15, -0.1) is 0 Å². The summed E-state index contributed by atoms with van der Waals surface area (Å²) in [6.45, 7) is 1.97. The van der Waals surface area contributed by atoms with Crippen molar-refractivity contribution in [3.05, 3.63) is 53.6 Å². The normalized spacial score (nSPS) is 12.7. The van der Waals surface area contributed by atoms with Crippen LogP contribution in [0.3, 0.4) is 0 Å². The lowest BCUT2D eigenvalue weighted by molar-refractivity contribution is 0.798. The molecule has 0 saturated heterocycles. The standard InChI is InChI=1S/C11H13N3/c1-8-7-13-11(14-8)10(12)9-5-3-2-4-6-9/h2-7,10H,12H2,1H3,(H,13,14). The van der Waals surface area contributed by atoms with Gasteiger partial charge in [0, 0.05) is 11.9 Å². The molecule has 3 nitrogen and oxygen atoms in total. The van der Waals surface area contributed by atoms with Crippen LogP contribution in [0.25, 0.3) is 0 Å². The van der Waals surface area contributed by atoms with Gasteiger partial charge in [0.15, 0.2) is 0 Å². The largest absolute Gasteiger partial charge is 0.345 e. The fraction of sp³-hybridized carbons (Fsp3) is 0.182. The minimum absolute atomic E-state index is 0.162. The van der Waals surface area contributed by atoms with Gasteiger partial charge in [0.1, 0.15) is 5.82 Å². The summed E-state index contributed by atoms with van der Waals surface area (Å²) in [4.78, 5) is 7.35. The van der Waals surface area contributed by atoms with Crippen LogP contribution in [-0.2, 0) is 0 Å². The third-order valence-electron chi connectivity index (χ3n) is 2.18. The summed E-state index contributed by atoms with van der Waals surface area (Å²) < 4.78 is 0. The number of H-pyrrole nitrogens is 1. The second-order valence-electron chi connectivity index (χ2n) is 3.34. The summed E-state index contributed by atoms with van der Waals surface area (Å²) in [6, 6.07) is 9.77. The van der Waals surface area contributed by atoms with Crippen LogP contribution < -0.4 is 5.73 Å². The zero-order valence-electron chi connectivity index (χ0n) is 8.07. The Morgan fingerprint density at radius 1 is 1.29 bits per heavy atom. The van der Waals surface area contributed by atoms with Gasteiger partial charge < -0.3 is 10.7 Å². The quantitative estimate of drug-likeness (QED) is 0.752. The number of aryl methyl sites for hydroxylation is 1. The van der Waals surface area contributed by atoms with Crippen molar-refractivity contribution in [3.63, 3.8) is 0 Å². The van der Waals surface area contributed by atoms with E-state index in [0.717, 1.165) is 17.1 Å². The lowest BCUT2D eigenvalue weighted by Gasteiger charge is -2.08. The number of nitrogens with zero attached hydrogens (tertiary/aromatic N) is 1. The highest BCUT2D eigenvalue weighted by Crippen LogP contribution is 2.15. The Kier molecular flexibility index (Phi) is 2.33. The zero-order chi connectivity index (χ0) is 9.97. The number of nitrogens with two attached hydrogens (primary N) is 1. The molecule has 0 radical (unpaired) electrons. The van der Waals surface area contributed by atoms with Crippen molar-refractivity contribution in [2.75, 3.05) is 0 Å². The molecule has 3 heteroatoms. The van der Waals surface area contributed by atoms with E-state index in [4.69, 9.17) is 5.73 Å². The van der Waals surface area contributed by atoms with Crippen LogP contribution in [0.5, 0.6) is 0 Å². The summed E-state index contributed by atoms with van der Waals surface area (Å²) in [7, 11) is 0. The molecule has 0 spiro atoms. The van der Waals surface area contributed by atoms with Crippen LogP contribution in [0.15, 0.2) is 36.5 Å². The molecule has 2 rings (SSSR count). The second-order valence-corrected chi connectivity index (χ2v) is 3.34. The monoisotopic (exact) mass is 187 g/mol. The van der Waals surface area contributed by atoms with E-state index in [-0.39, 0.29) is 6.04 Å². The van der Waals surface area contributed by atoms with Crippen molar-refractivity contribution in [1.82, 2.24) is 9.97 Å². The molecule has 2 aromatic rings. The molecular weight excluding hydrogens is 174 g/mol. The van der Waals surface area contributed by atoms with Crippen LogP contribution in [0.2, 0.25) is 0 Å². The summed E-state index contributed by atoms with van der Waals surface area (Å²) in [5, 5.41) is 0. The predicted molar refractivity (Wildman–Crippen MR) is 55.8 cm³/mol. The molecule has 3 N–H and O–H groups in total. The molecular formula is C11H13N3. The molecule has 1 aromatic carbocycles. The maximum atomic E-state index is 6.04. The van der Waals surface area contributed by atoms with Crippen LogP contribution in [0.4, 0.5) is 0 Å². The summed E-state index contributed by atoms with van der Waals surface area (Å²) >= 11 is 0. The lowest BCUT2D eigenvalue weighted by atomic mass is 10.1. The van der Waals surface area contributed by atoms with Gasteiger partial charge in [-0.3, -0.25) is 0 Å². The molecule has 0 fully saturated rings. The minimum Gasteiger partial charge on any atom is -0.345 e. The number of nitrogens with one attached hydrogen (secondary N) is 1. The first kappa shape index (κ1) is 8.97. The molecule has 14 heavy (non-hydrogen) atoms. The Labute approximate surface area is 83.0 Å². The Morgan fingerprint density at radius 2 is 2.00 bits per heavy atom. The first-order chi connectivity index (χ1) is 6.77. The maximum absolute atomic E-state index is 6.04. The van der Waals surface area contributed by atoms with Crippen molar-refractivity contribution < 1.29 is 0 Å². The number of rotatable bonds is 2. The molecule has 0 aliphatic heterocycles. The summed E-state index contributed by atoms with van der Waals surface area (Å²) in [5.41, 5.74) is 8.14. The fourth-order valence-corrected chi connectivity index (χ4v) is 1.41. The van der Waals surface area contributed by atoms with Crippen LogP contribution in [0, 0.1) is 6.92 Å². The molecule has 0 saturated carbocycles. The Balaban J connectivity index is 2.29. The van der Waals surface area contributed by atoms with Gasteiger partial charge in [0.2, 0.25) is 0 Å². The molecule has 0 bridgehead atoms. The highest BCUT2D eigenvalue weighted by atomic mass is 14.9. The number of hydrogen-bond donors (Lipinski definition) is 2. The molecule has 72 valence electrons. The molecule has 1 atom stereocenters. The Morgan fingerprint density at radius 3 is 2.57 bits per heavy atom. The smallest absolute Gasteiger partial charge is 0.127 e. The van der Waals surface area contributed by atoms with E-state index in [2.05, 4.69) is 9.97 Å². The summed E-state index contributed by atoms with van der Waals surface area (Å²) in [5.74, 6) is 0.814. The molecule has 1 heterocycles. The Bertz CT molecular complexity index is 405. The van der Waals surface area contributed by atoms with E-state index in [1.807, 2.05) is 37.3 Å². The van der Waals surface area contributed by atoms with Gasteiger partial charge in [-0.25, -0.2) is 4.98 Å². The van der Waals surface area contributed by atoms with Gasteiger partial charge in [0.05, 0.1) is 6.04 Å². The number of hydrogen-bond acceptors (Lipinski definition) is 2. The van der Waals surface area contributed by atoms with Crippen LogP contribution >= 0.6 is 0 Å². The van der Waals surface area contributed by atoms with Crippen molar-refractivity contribution in [2.45, 2.75) is 13.0 Å². The molecule has 0 amide bonds. The molecule has 0 aliphatic rings. The Hall–Kier alpha value is -1.61. The van der Waals surface area contributed by atoms with E-state index in [1.165, 1.54) is 0 Å². The SMILES string of the molecule is Cc1cnc(C(N)c2ccccc2)[nH]1. The van der Waals surface area contributed by atoms with Crippen molar-refractivity contribution in [2.24, 2.45) is 5.73 Å². The first-order valence-electron chi connectivity index (χ1n) is 4.59. The topological polar surface area (TPSA) is 54.7 Å². The maximum Gasteiger partial charge on any atom is 0.127 e. The summed E-state index contributed by atoms with van der Waals surface area (Å²) in [6.07, 6.45) is 1.79. The van der Waals surface area contributed by atoms with Crippen LogP contribution in [0.1, 0.15) is 23.1 Å². The van der Waals surface area contributed by atoms with E-state index in [0.29, 0.717) is 0 Å². The third kappa shape index (κ3) is 1.67. The minimum atomic E-state index is -0.162. The van der Waals surface area contributed by atoms with Gasteiger partial charge in [-0.05, 0) is 12.5 Å². The van der Waals surface area contributed by atoms with E-state index >= 15 is 0 Å². The number of aromatic nitrogens is 2. The highest BCUT2D eigenvalue weighted by molar-refractivity contribution is 5.24. The van der Waals surface area contributed by atoms with Gasteiger partial charge in [-0.2, -0.15) is 0 Å². The van der Waals surface area contributed by atoms with E-state index in [9.17, 15) is 0 Å². The highest BCUT2D eigenvalue weighted by Gasteiger charge is 2.10. The zero-order valence-corrected chi connectivity index (χ0v) is 8.07. The van der Waals surface area contributed by atoms with E-state index in [1.54, 1.807) is 6.20 Å². The first-order valence-corrected chi connectivity index (χ1v) is 4.59. The van der Waals surface area contributed by atoms with E-state index < -0.39 is 0 Å². The molecule has 1 unspecified atom stereocenters. The van der Waals surface area contributed by atoms with Crippen molar-refractivity contribution in [3.8, 4) is 0 Å². The van der Waals surface area contributed by atoms with Gasteiger partial charge in [-0.1, -0.05) is 30.3 Å².